The van der Waals surface area contributed by atoms with Crippen LogP contribution in [0.15, 0.2) is 24.3 Å². The molecule has 2 heterocycles. The highest BCUT2D eigenvalue weighted by molar-refractivity contribution is 5.81. The lowest BCUT2D eigenvalue weighted by Gasteiger charge is -2.49. The summed E-state index contributed by atoms with van der Waals surface area (Å²) in [6.45, 7) is 4.61. The molecule has 4 rings (SSSR count). The van der Waals surface area contributed by atoms with E-state index in [4.69, 9.17) is 9.47 Å². The zero-order valence-corrected chi connectivity index (χ0v) is 15.7. The summed E-state index contributed by atoms with van der Waals surface area (Å²) in [5.74, 6) is 1.43. The largest absolute Gasteiger partial charge is 0.497 e. The van der Waals surface area contributed by atoms with Crippen LogP contribution in [0.4, 0.5) is 0 Å². The van der Waals surface area contributed by atoms with Crippen LogP contribution in [0.2, 0.25) is 0 Å². The highest BCUT2D eigenvalue weighted by atomic mass is 16.5. The number of hydrogen-bond acceptors (Lipinski definition) is 4. The highest BCUT2D eigenvalue weighted by Gasteiger charge is 2.45. The molecular weight excluding hydrogens is 328 g/mol. The second-order valence-corrected chi connectivity index (χ2v) is 8.15. The van der Waals surface area contributed by atoms with E-state index < -0.39 is 0 Å². The van der Waals surface area contributed by atoms with E-state index >= 15 is 0 Å². The third kappa shape index (κ3) is 3.89. The van der Waals surface area contributed by atoms with Crippen molar-refractivity contribution in [1.29, 1.82) is 0 Å². The van der Waals surface area contributed by atoms with Crippen LogP contribution in [-0.4, -0.2) is 50.3 Å². The lowest BCUT2D eigenvalue weighted by atomic mass is 9.69. The number of nitrogens with one attached hydrogen (secondary N) is 1. The van der Waals surface area contributed by atoms with Crippen molar-refractivity contribution in [3.05, 3.63) is 29.8 Å². The van der Waals surface area contributed by atoms with E-state index in [0.717, 1.165) is 64.1 Å². The van der Waals surface area contributed by atoms with Gasteiger partial charge in [-0.3, -0.25) is 9.69 Å². The fourth-order valence-electron chi connectivity index (χ4n) is 4.44. The zero-order valence-electron chi connectivity index (χ0n) is 15.7. The van der Waals surface area contributed by atoms with Gasteiger partial charge in [0.25, 0.3) is 0 Å². The smallest absolute Gasteiger partial charge is 0.223 e. The van der Waals surface area contributed by atoms with Gasteiger partial charge < -0.3 is 14.8 Å². The van der Waals surface area contributed by atoms with E-state index in [-0.39, 0.29) is 23.3 Å². The van der Waals surface area contributed by atoms with E-state index in [9.17, 15) is 4.79 Å². The average molecular weight is 358 g/mol. The molecule has 5 heteroatoms. The lowest BCUT2D eigenvalue weighted by Crippen LogP contribution is -2.57. The SMILES string of the molecule is COc1cccc(CN2CCC3(CCOC[C@H]3NC(=O)C3CC3)CC2)c1. The fourth-order valence-corrected chi connectivity index (χ4v) is 4.44. The summed E-state index contributed by atoms with van der Waals surface area (Å²) in [5, 5.41) is 3.32. The van der Waals surface area contributed by atoms with Crippen LogP contribution in [0.1, 0.15) is 37.7 Å². The Kier molecular flexibility index (Phi) is 5.18. The van der Waals surface area contributed by atoms with Crippen LogP contribution in [0.3, 0.4) is 0 Å². The number of piperidine rings is 1. The van der Waals surface area contributed by atoms with Crippen molar-refractivity contribution in [2.24, 2.45) is 11.3 Å². The van der Waals surface area contributed by atoms with Crippen molar-refractivity contribution in [1.82, 2.24) is 10.2 Å². The Hall–Kier alpha value is -1.59. The topological polar surface area (TPSA) is 50.8 Å². The number of benzene rings is 1. The van der Waals surface area contributed by atoms with E-state index in [1.807, 2.05) is 6.07 Å². The first-order valence-corrected chi connectivity index (χ1v) is 9.92. The van der Waals surface area contributed by atoms with Gasteiger partial charge in [0.05, 0.1) is 19.8 Å². The molecule has 142 valence electrons. The molecule has 0 radical (unpaired) electrons. The number of likely N-dealkylation sites (tertiary alicyclic amines) is 1. The molecule has 3 fully saturated rings. The number of methoxy groups -OCH3 is 1. The second kappa shape index (κ2) is 7.57. The average Bonchev–Trinajstić information content (AvgIpc) is 3.51. The third-order valence-electron chi connectivity index (χ3n) is 6.42. The Morgan fingerprint density at radius 3 is 2.85 bits per heavy atom. The minimum Gasteiger partial charge on any atom is -0.497 e. The standard InChI is InChI=1S/C21H30N2O3/c1-25-18-4-2-3-16(13-18)14-23-10-7-21(8-11-23)9-12-26-15-19(21)22-20(24)17-5-6-17/h2-4,13,17,19H,5-12,14-15H2,1H3,(H,22,24)/t19-/m1/s1. The number of ether oxygens (including phenoxy) is 2. The Bertz CT molecular complexity index is 636. The molecule has 1 spiro atoms. The van der Waals surface area contributed by atoms with Crippen LogP contribution in [0.5, 0.6) is 5.75 Å². The van der Waals surface area contributed by atoms with Gasteiger partial charge in [0.2, 0.25) is 5.91 Å². The van der Waals surface area contributed by atoms with Crippen molar-refractivity contribution in [3.63, 3.8) is 0 Å². The van der Waals surface area contributed by atoms with Gasteiger partial charge in [-0.25, -0.2) is 0 Å². The number of hydrogen-bond donors (Lipinski definition) is 1. The Morgan fingerprint density at radius 2 is 2.12 bits per heavy atom. The van der Waals surface area contributed by atoms with E-state index in [1.54, 1.807) is 7.11 Å². The van der Waals surface area contributed by atoms with Crippen molar-refractivity contribution in [3.8, 4) is 5.75 Å². The minimum absolute atomic E-state index is 0.184. The van der Waals surface area contributed by atoms with Gasteiger partial charge in [-0.05, 0) is 68.3 Å². The molecule has 3 aliphatic rings. The number of carbonyl (C=O) groups is 1. The van der Waals surface area contributed by atoms with Gasteiger partial charge >= 0.3 is 0 Å². The molecule has 26 heavy (non-hydrogen) atoms. The monoisotopic (exact) mass is 358 g/mol. The fraction of sp³-hybridized carbons (Fsp3) is 0.667. The molecule has 1 aliphatic carbocycles. The maximum atomic E-state index is 12.3. The minimum atomic E-state index is 0.184. The summed E-state index contributed by atoms with van der Waals surface area (Å²) in [6, 6.07) is 8.52. The van der Waals surface area contributed by atoms with Crippen LogP contribution in [-0.2, 0) is 16.1 Å². The molecule has 2 aliphatic heterocycles. The first kappa shape index (κ1) is 17.8. The molecule has 5 nitrogen and oxygen atoms in total. The lowest BCUT2D eigenvalue weighted by molar-refractivity contribution is -0.127. The maximum absolute atomic E-state index is 12.3. The van der Waals surface area contributed by atoms with E-state index in [0.29, 0.717) is 6.61 Å². The quantitative estimate of drug-likeness (QED) is 0.879. The number of nitrogens with zero attached hydrogens (tertiary/aromatic N) is 1. The molecule has 1 amide bonds. The normalized spacial score (nSPS) is 25.8. The number of amides is 1. The summed E-state index contributed by atoms with van der Waals surface area (Å²) < 4.78 is 11.1. The Morgan fingerprint density at radius 1 is 1.31 bits per heavy atom. The van der Waals surface area contributed by atoms with Gasteiger partial charge in [0, 0.05) is 19.1 Å². The van der Waals surface area contributed by atoms with Gasteiger partial charge in [0.1, 0.15) is 5.75 Å². The molecule has 0 unspecified atom stereocenters. The van der Waals surface area contributed by atoms with Crippen LogP contribution < -0.4 is 10.1 Å². The van der Waals surface area contributed by atoms with Crippen LogP contribution >= 0.6 is 0 Å². The van der Waals surface area contributed by atoms with Crippen molar-refractivity contribution in [2.75, 3.05) is 33.4 Å². The summed E-state index contributed by atoms with van der Waals surface area (Å²) in [5.41, 5.74) is 1.51. The third-order valence-corrected chi connectivity index (χ3v) is 6.42. The molecule has 1 N–H and O–H groups in total. The predicted octanol–water partition coefficient (Wildman–Crippen LogP) is 2.59. The first-order valence-electron chi connectivity index (χ1n) is 9.92. The van der Waals surface area contributed by atoms with Crippen LogP contribution in [0.25, 0.3) is 0 Å². The first-order chi connectivity index (χ1) is 12.7. The number of carbonyl (C=O) groups excluding carboxylic acids is 1. The Balaban J connectivity index is 1.36. The van der Waals surface area contributed by atoms with Gasteiger partial charge in [-0.1, -0.05) is 12.1 Å². The van der Waals surface area contributed by atoms with Crippen molar-refractivity contribution in [2.45, 2.75) is 44.7 Å². The molecule has 1 aromatic rings. The second-order valence-electron chi connectivity index (χ2n) is 8.15. The van der Waals surface area contributed by atoms with Gasteiger partial charge in [-0.2, -0.15) is 0 Å². The van der Waals surface area contributed by atoms with Crippen molar-refractivity contribution < 1.29 is 14.3 Å². The van der Waals surface area contributed by atoms with Gasteiger partial charge in [-0.15, -0.1) is 0 Å². The zero-order chi connectivity index (χ0) is 18.0. The molecule has 1 atom stereocenters. The molecule has 0 bridgehead atoms. The summed E-state index contributed by atoms with van der Waals surface area (Å²) in [7, 11) is 1.71. The van der Waals surface area contributed by atoms with Gasteiger partial charge in [0.15, 0.2) is 0 Å². The molecule has 1 aromatic carbocycles. The molecule has 1 saturated carbocycles. The Labute approximate surface area is 156 Å². The maximum Gasteiger partial charge on any atom is 0.223 e. The highest BCUT2D eigenvalue weighted by Crippen LogP contribution is 2.42. The summed E-state index contributed by atoms with van der Waals surface area (Å²) in [6.07, 6.45) is 5.45. The molecule has 2 saturated heterocycles. The van der Waals surface area contributed by atoms with Crippen LogP contribution in [0, 0.1) is 11.3 Å². The van der Waals surface area contributed by atoms with Crippen molar-refractivity contribution >= 4 is 5.91 Å². The summed E-state index contributed by atoms with van der Waals surface area (Å²) >= 11 is 0. The molecule has 0 aromatic heterocycles. The van der Waals surface area contributed by atoms with E-state index in [1.165, 1.54) is 5.56 Å². The molecular formula is C21H30N2O3. The predicted molar refractivity (Wildman–Crippen MR) is 100 cm³/mol. The number of rotatable bonds is 5. The van der Waals surface area contributed by atoms with E-state index in [2.05, 4.69) is 28.4 Å². The summed E-state index contributed by atoms with van der Waals surface area (Å²) in [4.78, 5) is 14.8.